The largest absolute Gasteiger partial charge is 0.256 e. The predicted molar refractivity (Wildman–Crippen MR) is 157 cm³/mol. The summed E-state index contributed by atoms with van der Waals surface area (Å²) in [6.07, 6.45) is 0. The van der Waals surface area contributed by atoms with Crippen LogP contribution in [0.3, 0.4) is 0 Å². The van der Waals surface area contributed by atoms with E-state index in [4.69, 9.17) is 28.0 Å². The Morgan fingerprint density at radius 1 is 0.526 bits per heavy atom. The topological polar surface area (TPSA) is 12.5 Å². The molecular weight excluding hydrogens is 509 g/mol. The summed E-state index contributed by atoms with van der Waals surface area (Å²) >= 11 is 13.2. The number of hydrogen-bond acceptors (Lipinski definition) is 2. The maximum Gasteiger partial charge on any atom is 0.145 e. The van der Waals surface area contributed by atoms with Crippen molar-refractivity contribution in [1.29, 1.82) is 0 Å². The maximum absolute atomic E-state index is 7.36. The fourth-order valence-corrected chi connectivity index (χ4v) is 6.92. The van der Waals surface area contributed by atoms with Crippen LogP contribution in [0, 0.1) is 0 Å². The van der Waals surface area contributed by atoms with Gasteiger partial charge in [-0.3, -0.25) is 4.84 Å². The van der Waals surface area contributed by atoms with Gasteiger partial charge in [0.1, 0.15) is 11.1 Å². The Morgan fingerprint density at radius 3 is 1.34 bits per heavy atom. The molecule has 7 rings (SSSR count). The Balaban J connectivity index is 1.51. The molecular formula is C34H25Cl2NO. The van der Waals surface area contributed by atoms with Gasteiger partial charge in [-0.1, -0.05) is 120 Å². The normalized spacial score (nSPS) is 15.4. The molecule has 0 atom stereocenters. The summed E-state index contributed by atoms with van der Waals surface area (Å²) < 4.78 is 0. The average molecular weight is 534 g/mol. The van der Waals surface area contributed by atoms with Gasteiger partial charge in [-0.15, -0.1) is 0 Å². The van der Waals surface area contributed by atoms with Crippen LogP contribution >= 0.6 is 23.2 Å². The lowest BCUT2D eigenvalue weighted by Gasteiger charge is -2.45. The van der Waals surface area contributed by atoms with E-state index in [1.807, 2.05) is 17.2 Å². The minimum atomic E-state index is -0.753. The van der Waals surface area contributed by atoms with E-state index in [0.29, 0.717) is 10.0 Å². The molecule has 0 aliphatic heterocycles. The van der Waals surface area contributed by atoms with Crippen molar-refractivity contribution in [3.63, 3.8) is 0 Å². The maximum atomic E-state index is 7.36. The number of hydrogen-bond donors (Lipinski definition) is 0. The van der Waals surface area contributed by atoms with Crippen LogP contribution in [0.15, 0.2) is 115 Å². The molecule has 2 aliphatic carbocycles. The number of benzene rings is 5. The van der Waals surface area contributed by atoms with E-state index in [1.54, 1.807) is 6.07 Å². The first kappa shape index (κ1) is 23.5. The first-order valence-electron chi connectivity index (χ1n) is 12.8. The fraction of sp³-hybridized carbons (Fsp3) is 0.118. The number of halogens is 2. The minimum Gasteiger partial charge on any atom is -0.256 e. The smallest absolute Gasteiger partial charge is 0.145 e. The third-order valence-electron chi connectivity index (χ3n) is 8.13. The quantitative estimate of drug-likeness (QED) is 0.213. The molecule has 5 aromatic carbocycles. The van der Waals surface area contributed by atoms with E-state index in [2.05, 4.69) is 111 Å². The molecule has 2 nitrogen and oxygen atoms in total. The summed E-state index contributed by atoms with van der Waals surface area (Å²) in [5.41, 5.74) is 8.74. The van der Waals surface area contributed by atoms with Gasteiger partial charge in [0.15, 0.2) is 0 Å². The van der Waals surface area contributed by atoms with Crippen molar-refractivity contribution in [2.45, 2.75) is 25.0 Å². The first-order chi connectivity index (χ1) is 18.4. The van der Waals surface area contributed by atoms with E-state index < -0.39 is 11.1 Å². The number of anilines is 1. The third kappa shape index (κ3) is 3.24. The van der Waals surface area contributed by atoms with E-state index in [9.17, 15) is 0 Å². The summed E-state index contributed by atoms with van der Waals surface area (Å²) in [7, 11) is 0. The number of rotatable bonds is 4. The summed E-state index contributed by atoms with van der Waals surface area (Å²) in [5.74, 6) is 0. The zero-order chi connectivity index (χ0) is 26.1. The average Bonchev–Trinajstić information content (AvgIpc) is 3.35. The van der Waals surface area contributed by atoms with Gasteiger partial charge in [-0.25, -0.2) is 5.06 Å². The van der Waals surface area contributed by atoms with Crippen molar-refractivity contribution in [3.8, 4) is 22.3 Å². The van der Waals surface area contributed by atoms with Crippen LogP contribution in [0.25, 0.3) is 22.3 Å². The van der Waals surface area contributed by atoms with Crippen LogP contribution in [0.4, 0.5) is 5.69 Å². The molecule has 0 unspecified atom stereocenters. The molecule has 2 aliphatic rings. The second-order valence-corrected chi connectivity index (χ2v) is 11.2. The minimum absolute atomic E-state index is 0.557. The van der Waals surface area contributed by atoms with Crippen molar-refractivity contribution in [3.05, 3.63) is 148 Å². The monoisotopic (exact) mass is 533 g/mol. The number of hydroxylamine groups is 1. The van der Waals surface area contributed by atoms with Gasteiger partial charge in [-0.05, 0) is 76.6 Å². The van der Waals surface area contributed by atoms with Crippen LogP contribution < -0.4 is 5.06 Å². The zero-order valence-electron chi connectivity index (χ0n) is 21.1. The summed E-state index contributed by atoms with van der Waals surface area (Å²) in [4.78, 5) is 7.36. The Labute approximate surface area is 233 Å². The molecule has 0 heterocycles. The molecule has 5 aromatic rings. The fourth-order valence-electron chi connectivity index (χ4n) is 6.40. The van der Waals surface area contributed by atoms with Crippen LogP contribution in [-0.4, -0.2) is 0 Å². The van der Waals surface area contributed by atoms with Crippen molar-refractivity contribution >= 4 is 28.9 Å². The van der Waals surface area contributed by atoms with E-state index in [1.165, 1.54) is 33.4 Å². The number of fused-ring (bicyclic) bond motifs is 6. The number of nitrogens with zero attached hydrogens (tertiary/aromatic N) is 1. The zero-order valence-corrected chi connectivity index (χ0v) is 22.6. The SMILES string of the molecule is CC1(ON(c2cc(Cl)cc(Cl)c2)C2(C)c3ccccc3-c3ccccc32)c2ccccc2-c2ccccc21. The molecule has 0 spiro atoms. The second-order valence-electron chi connectivity index (χ2n) is 10.3. The lowest BCUT2D eigenvalue weighted by molar-refractivity contribution is -0.0445. The molecule has 0 saturated carbocycles. The molecule has 0 fully saturated rings. The highest BCUT2D eigenvalue weighted by Crippen LogP contribution is 2.56. The lowest BCUT2D eigenvalue weighted by Crippen LogP contribution is -2.48. The van der Waals surface area contributed by atoms with Crippen LogP contribution in [0.2, 0.25) is 10.0 Å². The molecule has 38 heavy (non-hydrogen) atoms. The lowest BCUT2D eigenvalue weighted by atomic mass is 9.88. The highest BCUT2D eigenvalue weighted by molar-refractivity contribution is 6.35. The van der Waals surface area contributed by atoms with Crippen LogP contribution in [-0.2, 0) is 16.0 Å². The Hall–Kier alpha value is -3.56. The molecule has 0 amide bonds. The highest BCUT2D eigenvalue weighted by atomic mass is 35.5. The van der Waals surface area contributed by atoms with Crippen molar-refractivity contribution < 1.29 is 4.84 Å². The van der Waals surface area contributed by atoms with Crippen molar-refractivity contribution in [2.75, 3.05) is 5.06 Å². The molecule has 4 heteroatoms. The molecule has 0 aromatic heterocycles. The van der Waals surface area contributed by atoms with E-state index in [-0.39, 0.29) is 0 Å². The van der Waals surface area contributed by atoms with Gasteiger partial charge in [-0.2, -0.15) is 0 Å². The Morgan fingerprint density at radius 2 is 0.895 bits per heavy atom. The van der Waals surface area contributed by atoms with Gasteiger partial charge in [0.2, 0.25) is 0 Å². The molecule has 0 radical (unpaired) electrons. The first-order valence-corrected chi connectivity index (χ1v) is 13.5. The van der Waals surface area contributed by atoms with Crippen molar-refractivity contribution in [2.24, 2.45) is 0 Å². The highest BCUT2D eigenvalue weighted by Gasteiger charge is 2.50. The van der Waals surface area contributed by atoms with Crippen LogP contribution in [0.1, 0.15) is 36.1 Å². The van der Waals surface area contributed by atoms with E-state index in [0.717, 1.165) is 16.8 Å². The van der Waals surface area contributed by atoms with Gasteiger partial charge in [0, 0.05) is 10.0 Å². The predicted octanol–water partition coefficient (Wildman–Crippen LogP) is 9.62. The Kier molecular flexibility index (Phi) is 5.25. The molecule has 0 N–H and O–H groups in total. The van der Waals surface area contributed by atoms with Crippen LogP contribution in [0.5, 0.6) is 0 Å². The molecule has 186 valence electrons. The summed E-state index contributed by atoms with van der Waals surface area (Å²) in [6.45, 7) is 4.38. The van der Waals surface area contributed by atoms with Gasteiger partial charge >= 0.3 is 0 Å². The Bertz CT molecular complexity index is 1610. The summed E-state index contributed by atoms with van der Waals surface area (Å²) in [6, 6.07) is 39.7. The van der Waals surface area contributed by atoms with Gasteiger partial charge in [0.05, 0.1) is 5.69 Å². The van der Waals surface area contributed by atoms with E-state index >= 15 is 0 Å². The summed E-state index contributed by atoms with van der Waals surface area (Å²) in [5, 5.41) is 3.15. The van der Waals surface area contributed by atoms with Crippen molar-refractivity contribution in [1.82, 2.24) is 0 Å². The molecule has 0 saturated heterocycles. The van der Waals surface area contributed by atoms with Gasteiger partial charge < -0.3 is 0 Å². The third-order valence-corrected chi connectivity index (χ3v) is 8.56. The molecule has 0 bridgehead atoms. The standard InChI is InChI=1S/C34H25Cl2NO/c1-33(29-15-7-3-11-25(29)26-12-4-8-16-30(26)33)37(24-20-22(35)19-23(36)21-24)38-34(2)31-17-9-5-13-27(31)28-14-6-10-18-32(28)34/h3-21H,1-2H3. The second kappa shape index (κ2) is 8.47. The van der Waals surface area contributed by atoms with Gasteiger partial charge in [0.25, 0.3) is 0 Å².